The number of benzene rings is 1. The highest BCUT2D eigenvalue weighted by molar-refractivity contribution is 7.10. The van der Waals surface area contributed by atoms with E-state index >= 15 is 0 Å². The maximum Gasteiger partial charge on any atom is 0.272 e. The molecular formula is C15H13NO4S. The number of rotatable bonds is 4. The van der Waals surface area contributed by atoms with Gasteiger partial charge in [-0.1, -0.05) is 11.8 Å². The number of nitro benzene ring substituents is 1. The summed E-state index contributed by atoms with van der Waals surface area (Å²) in [5, 5.41) is 21.4. The minimum Gasteiger partial charge on any atom is -0.488 e. The lowest BCUT2D eigenvalue weighted by Gasteiger charge is -2.06. The standard InChI is InChI=1S/C15H13NO4S/c1-11-9-13(4-5-14(11)16(18)19)20-10-15-12(3-2-7-17)6-8-21-15/h4-6,8-9,17H,7,10H2,1H3. The first-order valence-electron chi connectivity index (χ1n) is 6.15. The summed E-state index contributed by atoms with van der Waals surface area (Å²) in [5.41, 5.74) is 1.46. The Balaban J connectivity index is 2.08. The largest absolute Gasteiger partial charge is 0.488 e. The number of ether oxygens (including phenoxy) is 1. The lowest BCUT2D eigenvalue weighted by atomic mass is 10.2. The van der Waals surface area contributed by atoms with Gasteiger partial charge in [-0.2, -0.15) is 0 Å². The molecule has 1 heterocycles. The summed E-state index contributed by atoms with van der Waals surface area (Å²) >= 11 is 1.51. The van der Waals surface area contributed by atoms with Crippen LogP contribution in [0.1, 0.15) is 16.0 Å². The zero-order chi connectivity index (χ0) is 15.2. The van der Waals surface area contributed by atoms with Gasteiger partial charge in [-0.05, 0) is 30.5 Å². The number of nitro groups is 1. The van der Waals surface area contributed by atoms with Crippen LogP contribution in [-0.2, 0) is 6.61 Å². The van der Waals surface area contributed by atoms with Crippen molar-refractivity contribution in [1.29, 1.82) is 0 Å². The predicted octanol–water partition coefficient (Wildman–Crippen LogP) is 2.89. The van der Waals surface area contributed by atoms with E-state index in [2.05, 4.69) is 11.8 Å². The van der Waals surface area contributed by atoms with E-state index in [0.29, 0.717) is 17.9 Å². The molecule has 21 heavy (non-hydrogen) atoms. The molecule has 0 aliphatic carbocycles. The molecule has 0 saturated carbocycles. The number of hydrogen-bond donors (Lipinski definition) is 1. The Morgan fingerprint density at radius 2 is 2.24 bits per heavy atom. The van der Waals surface area contributed by atoms with Crippen LogP contribution in [0.5, 0.6) is 5.75 Å². The van der Waals surface area contributed by atoms with Gasteiger partial charge in [0.15, 0.2) is 0 Å². The molecule has 0 radical (unpaired) electrons. The van der Waals surface area contributed by atoms with Gasteiger partial charge in [0.25, 0.3) is 5.69 Å². The topological polar surface area (TPSA) is 72.6 Å². The first kappa shape index (κ1) is 15.0. The second-order valence-electron chi connectivity index (χ2n) is 4.21. The Morgan fingerprint density at radius 3 is 2.90 bits per heavy atom. The third kappa shape index (κ3) is 3.81. The van der Waals surface area contributed by atoms with Crippen LogP contribution < -0.4 is 4.74 Å². The number of hydrogen-bond acceptors (Lipinski definition) is 5. The van der Waals surface area contributed by atoms with Crippen molar-refractivity contribution < 1.29 is 14.8 Å². The molecule has 1 N–H and O–H groups in total. The van der Waals surface area contributed by atoms with Crippen molar-refractivity contribution in [2.45, 2.75) is 13.5 Å². The highest BCUT2D eigenvalue weighted by Crippen LogP contribution is 2.25. The lowest BCUT2D eigenvalue weighted by Crippen LogP contribution is -1.97. The van der Waals surface area contributed by atoms with Crippen molar-refractivity contribution in [2.75, 3.05) is 6.61 Å². The predicted molar refractivity (Wildman–Crippen MR) is 80.4 cm³/mol. The molecular weight excluding hydrogens is 290 g/mol. The number of nitrogens with zero attached hydrogens (tertiary/aromatic N) is 1. The summed E-state index contributed by atoms with van der Waals surface area (Å²) in [5.74, 6) is 6.03. The van der Waals surface area contributed by atoms with E-state index in [-0.39, 0.29) is 12.3 Å². The molecule has 0 spiro atoms. The monoisotopic (exact) mass is 303 g/mol. The maximum atomic E-state index is 10.8. The molecule has 108 valence electrons. The summed E-state index contributed by atoms with van der Waals surface area (Å²) in [4.78, 5) is 11.3. The summed E-state index contributed by atoms with van der Waals surface area (Å²) in [6.07, 6.45) is 0. The first-order chi connectivity index (χ1) is 10.1. The van der Waals surface area contributed by atoms with Crippen molar-refractivity contribution in [3.8, 4) is 17.6 Å². The molecule has 0 saturated heterocycles. The van der Waals surface area contributed by atoms with Crippen LogP contribution in [0.15, 0.2) is 29.6 Å². The minimum atomic E-state index is -0.416. The van der Waals surface area contributed by atoms with E-state index in [1.165, 1.54) is 17.4 Å². The molecule has 0 bridgehead atoms. The van der Waals surface area contributed by atoms with E-state index in [1.807, 2.05) is 11.4 Å². The van der Waals surface area contributed by atoms with Gasteiger partial charge in [-0.25, -0.2) is 0 Å². The zero-order valence-electron chi connectivity index (χ0n) is 11.3. The third-order valence-corrected chi connectivity index (χ3v) is 3.68. The maximum absolute atomic E-state index is 10.8. The Labute approximate surface area is 126 Å². The van der Waals surface area contributed by atoms with E-state index in [4.69, 9.17) is 9.84 Å². The molecule has 0 amide bonds. The summed E-state index contributed by atoms with van der Waals surface area (Å²) in [6.45, 7) is 1.83. The average molecular weight is 303 g/mol. The quantitative estimate of drug-likeness (QED) is 0.535. The van der Waals surface area contributed by atoms with Crippen LogP contribution >= 0.6 is 11.3 Å². The molecule has 1 aromatic carbocycles. The Hall–Kier alpha value is -2.36. The van der Waals surface area contributed by atoms with Gasteiger partial charge in [0.2, 0.25) is 0 Å². The number of aliphatic hydroxyl groups excluding tert-OH is 1. The van der Waals surface area contributed by atoms with E-state index in [0.717, 1.165) is 10.4 Å². The molecule has 0 fully saturated rings. The van der Waals surface area contributed by atoms with Crippen LogP contribution in [0.2, 0.25) is 0 Å². The molecule has 0 aliphatic rings. The molecule has 1 aromatic heterocycles. The van der Waals surface area contributed by atoms with Gasteiger partial charge in [0, 0.05) is 17.2 Å². The van der Waals surface area contributed by atoms with Crippen LogP contribution in [0, 0.1) is 28.9 Å². The SMILES string of the molecule is Cc1cc(OCc2sccc2C#CCO)ccc1[N+](=O)[O-]. The number of thiophene rings is 1. The Bertz CT molecular complexity index is 712. The Kier molecular flexibility index (Phi) is 4.93. The second-order valence-corrected chi connectivity index (χ2v) is 5.21. The lowest BCUT2D eigenvalue weighted by molar-refractivity contribution is -0.385. The van der Waals surface area contributed by atoms with E-state index < -0.39 is 4.92 Å². The smallest absolute Gasteiger partial charge is 0.272 e. The van der Waals surface area contributed by atoms with Crippen molar-refractivity contribution in [1.82, 2.24) is 0 Å². The summed E-state index contributed by atoms with van der Waals surface area (Å²) in [6, 6.07) is 6.53. The van der Waals surface area contributed by atoms with Crippen LogP contribution in [0.4, 0.5) is 5.69 Å². The van der Waals surface area contributed by atoms with Crippen molar-refractivity contribution in [3.63, 3.8) is 0 Å². The van der Waals surface area contributed by atoms with Crippen LogP contribution in [-0.4, -0.2) is 16.6 Å². The van der Waals surface area contributed by atoms with Gasteiger partial charge in [-0.15, -0.1) is 11.3 Å². The summed E-state index contributed by atoms with van der Waals surface area (Å²) in [7, 11) is 0. The van der Waals surface area contributed by atoms with Gasteiger partial charge < -0.3 is 9.84 Å². The highest BCUT2D eigenvalue weighted by atomic mass is 32.1. The minimum absolute atomic E-state index is 0.0768. The molecule has 5 nitrogen and oxygen atoms in total. The fourth-order valence-electron chi connectivity index (χ4n) is 1.77. The van der Waals surface area contributed by atoms with Crippen molar-refractivity contribution >= 4 is 17.0 Å². The molecule has 0 unspecified atom stereocenters. The average Bonchev–Trinajstić information content (AvgIpc) is 2.90. The fourth-order valence-corrected chi connectivity index (χ4v) is 2.51. The Morgan fingerprint density at radius 1 is 1.43 bits per heavy atom. The zero-order valence-corrected chi connectivity index (χ0v) is 12.1. The molecule has 2 rings (SSSR count). The third-order valence-electron chi connectivity index (χ3n) is 2.78. The van der Waals surface area contributed by atoms with Crippen LogP contribution in [0.3, 0.4) is 0 Å². The van der Waals surface area contributed by atoms with Gasteiger partial charge >= 0.3 is 0 Å². The normalized spacial score (nSPS) is 9.81. The molecule has 0 atom stereocenters. The van der Waals surface area contributed by atoms with Gasteiger partial charge in [0.1, 0.15) is 19.0 Å². The molecule has 2 aromatic rings. The number of aliphatic hydroxyl groups is 1. The van der Waals surface area contributed by atoms with E-state index in [1.54, 1.807) is 19.1 Å². The van der Waals surface area contributed by atoms with Crippen molar-refractivity contribution in [3.05, 3.63) is 55.8 Å². The first-order valence-corrected chi connectivity index (χ1v) is 7.03. The molecule has 6 heteroatoms. The van der Waals surface area contributed by atoms with Gasteiger partial charge in [-0.3, -0.25) is 10.1 Å². The van der Waals surface area contributed by atoms with Crippen molar-refractivity contribution in [2.24, 2.45) is 0 Å². The molecule has 0 aliphatic heterocycles. The summed E-state index contributed by atoms with van der Waals surface area (Å²) < 4.78 is 5.64. The van der Waals surface area contributed by atoms with Gasteiger partial charge in [0.05, 0.1) is 9.80 Å². The highest BCUT2D eigenvalue weighted by Gasteiger charge is 2.11. The van der Waals surface area contributed by atoms with Crippen LogP contribution in [0.25, 0.3) is 0 Å². The van der Waals surface area contributed by atoms with E-state index in [9.17, 15) is 10.1 Å². The number of aryl methyl sites for hydroxylation is 1. The fraction of sp³-hybridized carbons (Fsp3) is 0.200. The second kappa shape index (κ2) is 6.88.